The van der Waals surface area contributed by atoms with Crippen molar-refractivity contribution in [2.75, 3.05) is 26.4 Å². The summed E-state index contributed by atoms with van der Waals surface area (Å²) in [5.41, 5.74) is 0.256. The Balaban J connectivity index is 2.34. The summed E-state index contributed by atoms with van der Waals surface area (Å²) in [6.07, 6.45) is 0.825. The minimum Gasteiger partial charge on any atom is -0.394 e. The Morgan fingerprint density at radius 2 is 1.87 bits per heavy atom. The molecule has 15 heavy (non-hydrogen) atoms. The summed E-state index contributed by atoms with van der Waals surface area (Å²) >= 11 is 1.64. The molecular weight excluding hydrogens is 214 g/mol. The van der Waals surface area contributed by atoms with Crippen LogP contribution in [0.1, 0.15) is 5.56 Å². The summed E-state index contributed by atoms with van der Waals surface area (Å²) in [5, 5.41) is 34.2. The molecule has 1 aromatic rings. The zero-order chi connectivity index (χ0) is 11.1. The first-order valence-corrected chi connectivity index (χ1v) is 5.79. The predicted octanol–water partition coefficient (Wildman–Crippen LogP) is -0.404. The van der Waals surface area contributed by atoms with Crippen LogP contribution in [0.5, 0.6) is 0 Å². The van der Waals surface area contributed by atoms with E-state index in [2.05, 4.69) is 10.7 Å². The van der Waals surface area contributed by atoms with E-state index in [-0.39, 0.29) is 19.8 Å². The lowest BCUT2D eigenvalue weighted by molar-refractivity contribution is 0.0431. The molecule has 1 rings (SSSR count). The van der Waals surface area contributed by atoms with Crippen molar-refractivity contribution in [2.45, 2.75) is 12.0 Å². The second kappa shape index (κ2) is 6.19. The van der Waals surface area contributed by atoms with E-state index in [1.165, 1.54) is 5.56 Å². The summed E-state index contributed by atoms with van der Waals surface area (Å²) in [4.78, 5) is 0. The molecule has 0 saturated carbocycles. The van der Waals surface area contributed by atoms with Crippen molar-refractivity contribution in [1.29, 1.82) is 0 Å². The van der Waals surface area contributed by atoms with Crippen LogP contribution in [0.3, 0.4) is 0 Å². The van der Waals surface area contributed by atoms with Crippen molar-refractivity contribution in [2.24, 2.45) is 0 Å². The van der Waals surface area contributed by atoms with Gasteiger partial charge in [0.15, 0.2) is 0 Å². The second-order valence-electron chi connectivity index (χ2n) is 3.56. The van der Waals surface area contributed by atoms with Crippen molar-refractivity contribution in [3.63, 3.8) is 0 Å². The number of hydrogen-bond acceptors (Lipinski definition) is 5. The van der Waals surface area contributed by atoms with Gasteiger partial charge in [-0.25, -0.2) is 0 Å². The van der Waals surface area contributed by atoms with Crippen molar-refractivity contribution >= 4 is 11.3 Å². The molecule has 0 saturated heterocycles. The fourth-order valence-corrected chi connectivity index (χ4v) is 1.93. The van der Waals surface area contributed by atoms with Gasteiger partial charge in [0.1, 0.15) is 0 Å². The Bertz CT molecular complexity index is 251. The van der Waals surface area contributed by atoms with Gasteiger partial charge in [0.25, 0.3) is 0 Å². The first-order valence-electron chi connectivity index (χ1n) is 4.85. The van der Waals surface area contributed by atoms with E-state index >= 15 is 0 Å². The molecule has 86 valence electrons. The number of nitrogens with one attached hydrogen (secondary N) is 1. The van der Waals surface area contributed by atoms with E-state index < -0.39 is 5.54 Å². The topological polar surface area (TPSA) is 72.7 Å². The van der Waals surface area contributed by atoms with E-state index in [4.69, 9.17) is 15.3 Å². The Hall–Kier alpha value is -0.460. The summed E-state index contributed by atoms with van der Waals surface area (Å²) in [7, 11) is 0. The summed E-state index contributed by atoms with van der Waals surface area (Å²) in [5.74, 6) is 0. The van der Waals surface area contributed by atoms with Gasteiger partial charge in [-0.1, -0.05) is 0 Å². The number of rotatable bonds is 7. The fourth-order valence-electron chi connectivity index (χ4n) is 1.22. The highest BCUT2D eigenvalue weighted by Crippen LogP contribution is 2.07. The summed E-state index contributed by atoms with van der Waals surface area (Å²) in [6.45, 7) is -0.199. The standard InChI is InChI=1S/C10H17NO3S/c12-6-10(7-13,8-14)11-3-1-9-2-4-15-5-9/h2,4-5,11-14H,1,3,6-8H2. The molecule has 1 aromatic heterocycles. The van der Waals surface area contributed by atoms with Crippen molar-refractivity contribution in [3.8, 4) is 0 Å². The third kappa shape index (κ3) is 3.55. The zero-order valence-corrected chi connectivity index (χ0v) is 9.33. The Morgan fingerprint density at radius 1 is 1.20 bits per heavy atom. The van der Waals surface area contributed by atoms with Gasteiger partial charge in [-0.15, -0.1) is 0 Å². The van der Waals surface area contributed by atoms with Crippen LogP contribution in [0.4, 0.5) is 0 Å². The van der Waals surface area contributed by atoms with Gasteiger partial charge in [-0.2, -0.15) is 11.3 Å². The Labute approximate surface area is 93.2 Å². The molecule has 0 fully saturated rings. The molecule has 0 unspecified atom stereocenters. The molecule has 5 heteroatoms. The molecule has 1 heterocycles. The molecule has 0 radical (unpaired) electrons. The Kier molecular flexibility index (Phi) is 5.21. The average molecular weight is 231 g/mol. The smallest absolute Gasteiger partial charge is 0.0881 e. The highest BCUT2D eigenvalue weighted by molar-refractivity contribution is 7.07. The van der Waals surface area contributed by atoms with Gasteiger partial charge >= 0.3 is 0 Å². The highest BCUT2D eigenvalue weighted by atomic mass is 32.1. The monoisotopic (exact) mass is 231 g/mol. The quantitative estimate of drug-likeness (QED) is 0.515. The van der Waals surface area contributed by atoms with E-state index in [0.29, 0.717) is 6.54 Å². The molecule has 0 aliphatic rings. The van der Waals surface area contributed by atoms with Gasteiger partial charge in [0.2, 0.25) is 0 Å². The number of hydrogen-bond donors (Lipinski definition) is 4. The molecule has 0 aromatic carbocycles. The third-order valence-electron chi connectivity index (χ3n) is 2.40. The maximum atomic E-state index is 9.05. The first kappa shape index (κ1) is 12.6. The molecule has 0 bridgehead atoms. The highest BCUT2D eigenvalue weighted by Gasteiger charge is 2.26. The molecule has 0 atom stereocenters. The van der Waals surface area contributed by atoms with Crippen LogP contribution < -0.4 is 5.32 Å². The fraction of sp³-hybridized carbons (Fsp3) is 0.600. The molecule has 4 N–H and O–H groups in total. The van der Waals surface area contributed by atoms with Crippen LogP contribution in [0.15, 0.2) is 16.8 Å². The zero-order valence-electron chi connectivity index (χ0n) is 8.52. The van der Waals surface area contributed by atoms with Crippen LogP contribution in [0.2, 0.25) is 0 Å². The Morgan fingerprint density at radius 3 is 2.33 bits per heavy atom. The predicted molar refractivity (Wildman–Crippen MR) is 60.0 cm³/mol. The minimum atomic E-state index is -0.962. The summed E-state index contributed by atoms with van der Waals surface area (Å²) < 4.78 is 0. The van der Waals surface area contributed by atoms with Crippen LogP contribution >= 0.6 is 11.3 Å². The van der Waals surface area contributed by atoms with Gasteiger partial charge in [-0.05, 0) is 35.4 Å². The van der Waals surface area contributed by atoms with Gasteiger partial charge in [0.05, 0.1) is 25.4 Å². The molecule has 4 nitrogen and oxygen atoms in total. The molecular formula is C10H17NO3S. The van der Waals surface area contributed by atoms with Gasteiger partial charge in [0, 0.05) is 0 Å². The average Bonchev–Trinajstić information content (AvgIpc) is 2.78. The lowest BCUT2D eigenvalue weighted by Crippen LogP contribution is -2.55. The van der Waals surface area contributed by atoms with Crippen LogP contribution in [0, 0.1) is 0 Å². The van der Waals surface area contributed by atoms with Gasteiger partial charge in [-0.3, -0.25) is 0 Å². The van der Waals surface area contributed by atoms with Crippen LogP contribution in [-0.4, -0.2) is 47.2 Å². The SMILES string of the molecule is OCC(CO)(CO)NCCc1ccsc1. The molecule has 0 aliphatic heterocycles. The lowest BCUT2D eigenvalue weighted by atomic mass is 10.0. The van der Waals surface area contributed by atoms with E-state index in [1.807, 2.05) is 11.4 Å². The normalized spacial score (nSPS) is 11.9. The molecule has 0 aliphatic carbocycles. The lowest BCUT2D eigenvalue weighted by Gasteiger charge is -2.28. The molecule has 0 amide bonds. The van der Waals surface area contributed by atoms with E-state index in [0.717, 1.165) is 6.42 Å². The summed E-state index contributed by atoms with van der Waals surface area (Å²) in [6, 6.07) is 2.03. The molecule has 0 spiro atoms. The number of aliphatic hydroxyl groups is 3. The van der Waals surface area contributed by atoms with Crippen molar-refractivity contribution < 1.29 is 15.3 Å². The van der Waals surface area contributed by atoms with Crippen LogP contribution in [0.25, 0.3) is 0 Å². The van der Waals surface area contributed by atoms with Gasteiger partial charge < -0.3 is 20.6 Å². The second-order valence-corrected chi connectivity index (χ2v) is 4.34. The third-order valence-corrected chi connectivity index (χ3v) is 3.13. The van der Waals surface area contributed by atoms with Crippen LogP contribution in [-0.2, 0) is 6.42 Å². The maximum Gasteiger partial charge on any atom is 0.0881 e. The number of aliphatic hydroxyl groups excluding tert-OH is 3. The maximum absolute atomic E-state index is 9.05. The van der Waals surface area contributed by atoms with Crippen molar-refractivity contribution in [3.05, 3.63) is 22.4 Å². The minimum absolute atomic E-state index is 0.274. The van der Waals surface area contributed by atoms with E-state index in [1.54, 1.807) is 11.3 Å². The van der Waals surface area contributed by atoms with E-state index in [9.17, 15) is 0 Å². The number of thiophene rings is 1. The largest absolute Gasteiger partial charge is 0.394 e. The van der Waals surface area contributed by atoms with Crippen molar-refractivity contribution in [1.82, 2.24) is 5.32 Å². The first-order chi connectivity index (χ1) is 7.26.